The molecule has 0 fully saturated rings. The smallest absolute Gasteiger partial charge is 0.319 e. The van der Waals surface area contributed by atoms with Crippen LogP contribution >= 0.6 is 11.6 Å². The van der Waals surface area contributed by atoms with Crippen LogP contribution in [0.4, 0.5) is 0 Å². The third kappa shape index (κ3) is 4.06. The second-order valence-corrected chi connectivity index (χ2v) is 5.23. The van der Waals surface area contributed by atoms with Gasteiger partial charge in [-0.2, -0.15) is 0 Å². The average molecular weight is 304 g/mol. The zero-order valence-corrected chi connectivity index (χ0v) is 12.9. The van der Waals surface area contributed by atoms with Gasteiger partial charge in [-0.05, 0) is 24.1 Å². The van der Waals surface area contributed by atoms with Gasteiger partial charge in [0.15, 0.2) is 0 Å². The fourth-order valence-corrected chi connectivity index (χ4v) is 2.47. The third-order valence-corrected chi connectivity index (χ3v) is 3.61. The van der Waals surface area contributed by atoms with E-state index in [0.29, 0.717) is 5.02 Å². The SMILES string of the molecule is COC(=O)CNC(c1cccc(C)c1)c1ccccc1Cl. The van der Waals surface area contributed by atoms with Crippen LogP contribution in [-0.2, 0) is 9.53 Å². The molecule has 0 saturated heterocycles. The number of halogens is 1. The second kappa shape index (κ2) is 7.25. The minimum absolute atomic E-state index is 0.125. The van der Waals surface area contributed by atoms with Crippen LogP contribution in [0.25, 0.3) is 0 Å². The zero-order valence-electron chi connectivity index (χ0n) is 12.1. The molecule has 0 saturated carbocycles. The summed E-state index contributed by atoms with van der Waals surface area (Å²) in [6.07, 6.45) is 0. The molecular weight excluding hydrogens is 286 g/mol. The summed E-state index contributed by atoms with van der Waals surface area (Å²) in [5.74, 6) is -0.306. The zero-order chi connectivity index (χ0) is 15.2. The van der Waals surface area contributed by atoms with Gasteiger partial charge in [-0.3, -0.25) is 10.1 Å². The normalized spacial score (nSPS) is 12.0. The molecule has 1 atom stereocenters. The van der Waals surface area contributed by atoms with Gasteiger partial charge in [0.25, 0.3) is 0 Å². The third-order valence-electron chi connectivity index (χ3n) is 3.27. The Kier molecular flexibility index (Phi) is 5.37. The first-order chi connectivity index (χ1) is 10.1. The van der Waals surface area contributed by atoms with Gasteiger partial charge in [0, 0.05) is 5.02 Å². The highest BCUT2D eigenvalue weighted by Crippen LogP contribution is 2.28. The largest absolute Gasteiger partial charge is 0.468 e. The number of methoxy groups -OCH3 is 1. The van der Waals surface area contributed by atoms with Crippen molar-refractivity contribution in [2.45, 2.75) is 13.0 Å². The second-order valence-electron chi connectivity index (χ2n) is 4.83. The Hall–Kier alpha value is -1.84. The van der Waals surface area contributed by atoms with Crippen LogP contribution in [0.1, 0.15) is 22.7 Å². The van der Waals surface area contributed by atoms with E-state index in [4.69, 9.17) is 16.3 Å². The van der Waals surface area contributed by atoms with Gasteiger partial charge in [-0.15, -0.1) is 0 Å². The Balaban J connectivity index is 2.35. The van der Waals surface area contributed by atoms with Crippen LogP contribution in [0.2, 0.25) is 5.02 Å². The van der Waals surface area contributed by atoms with Crippen LogP contribution < -0.4 is 5.32 Å². The van der Waals surface area contributed by atoms with Gasteiger partial charge < -0.3 is 4.74 Å². The minimum atomic E-state index is -0.306. The van der Waals surface area contributed by atoms with Gasteiger partial charge in [0.2, 0.25) is 0 Å². The van der Waals surface area contributed by atoms with E-state index in [2.05, 4.69) is 11.4 Å². The molecule has 0 aliphatic rings. The van der Waals surface area contributed by atoms with Crippen molar-refractivity contribution >= 4 is 17.6 Å². The Bertz CT molecular complexity index is 628. The first-order valence-electron chi connectivity index (χ1n) is 6.73. The Morgan fingerprint density at radius 1 is 1.24 bits per heavy atom. The molecule has 2 aromatic rings. The van der Waals surface area contributed by atoms with Gasteiger partial charge in [0.05, 0.1) is 19.7 Å². The summed E-state index contributed by atoms with van der Waals surface area (Å²) in [5, 5.41) is 3.88. The van der Waals surface area contributed by atoms with E-state index >= 15 is 0 Å². The number of aryl methyl sites for hydroxylation is 1. The van der Waals surface area contributed by atoms with E-state index in [1.807, 2.05) is 49.4 Å². The molecule has 0 aliphatic carbocycles. The van der Waals surface area contributed by atoms with E-state index < -0.39 is 0 Å². The van der Waals surface area contributed by atoms with Gasteiger partial charge in [-0.25, -0.2) is 0 Å². The fraction of sp³-hybridized carbons (Fsp3) is 0.235. The maximum Gasteiger partial charge on any atom is 0.319 e. The highest BCUT2D eigenvalue weighted by molar-refractivity contribution is 6.31. The molecule has 0 aliphatic heterocycles. The van der Waals surface area contributed by atoms with E-state index in [1.54, 1.807) is 0 Å². The summed E-state index contributed by atoms with van der Waals surface area (Å²) in [6, 6.07) is 15.6. The first kappa shape index (κ1) is 15.5. The van der Waals surface area contributed by atoms with E-state index in [1.165, 1.54) is 7.11 Å². The molecule has 0 radical (unpaired) electrons. The maximum atomic E-state index is 11.4. The molecule has 1 N–H and O–H groups in total. The van der Waals surface area contributed by atoms with Crippen LogP contribution in [0.15, 0.2) is 48.5 Å². The number of esters is 1. The summed E-state index contributed by atoms with van der Waals surface area (Å²) in [6.45, 7) is 2.16. The number of hydrogen-bond acceptors (Lipinski definition) is 3. The first-order valence-corrected chi connectivity index (χ1v) is 7.11. The summed E-state index contributed by atoms with van der Waals surface area (Å²) >= 11 is 6.30. The molecule has 0 spiro atoms. The molecule has 110 valence electrons. The van der Waals surface area contributed by atoms with Crippen molar-refractivity contribution in [2.24, 2.45) is 0 Å². The highest BCUT2D eigenvalue weighted by atomic mass is 35.5. The summed E-state index contributed by atoms with van der Waals surface area (Å²) in [7, 11) is 1.38. The predicted molar refractivity (Wildman–Crippen MR) is 84.5 cm³/mol. The molecule has 0 aromatic heterocycles. The molecule has 2 rings (SSSR count). The summed E-state index contributed by atoms with van der Waals surface area (Å²) < 4.78 is 4.69. The van der Waals surface area contributed by atoms with Crippen molar-refractivity contribution in [2.75, 3.05) is 13.7 Å². The molecule has 3 nitrogen and oxygen atoms in total. The van der Waals surface area contributed by atoms with Crippen LogP contribution in [0, 0.1) is 6.92 Å². The quantitative estimate of drug-likeness (QED) is 0.859. The lowest BCUT2D eigenvalue weighted by Crippen LogP contribution is -2.29. The maximum absolute atomic E-state index is 11.4. The van der Waals surface area contributed by atoms with Crippen LogP contribution in [0.5, 0.6) is 0 Å². The average Bonchev–Trinajstić information content (AvgIpc) is 2.49. The Morgan fingerprint density at radius 2 is 2.00 bits per heavy atom. The highest BCUT2D eigenvalue weighted by Gasteiger charge is 2.17. The van der Waals surface area contributed by atoms with Crippen molar-refractivity contribution < 1.29 is 9.53 Å². The van der Waals surface area contributed by atoms with Crippen molar-refractivity contribution in [3.05, 3.63) is 70.2 Å². The summed E-state index contributed by atoms with van der Waals surface area (Å²) in [4.78, 5) is 11.4. The molecule has 0 heterocycles. The molecule has 4 heteroatoms. The molecule has 1 unspecified atom stereocenters. The summed E-state index contributed by atoms with van der Waals surface area (Å²) in [5.41, 5.74) is 3.16. The molecule has 0 bridgehead atoms. The molecule has 2 aromatic carbocycles. The van der Waals surface area contributed by atoms with Crippen molar-refractivity contribution in [1.82, 2.24) is 5.32 Å². The predicted octanol–water partition coefficient (Wildman–Crippen LogP) is 3.50. The minimum Gasteiger partial charge on any atom is -0.468 e. The lowest BCUT2D eigenvalue weighted by atomic mass is 9.97. The number of nitrogens with one attached hydrogen (secondary N) is 1. The monoisotopic (exact) mass is 303 g/mol. The Morgan fingerprint density at radius 3 is 2.67 bits per heavy atom. The van der Waals surface area contributed by atoms with Crippen molar-refractivity contribution in [3.8, 4) is 0 Å². The number of rotatable bonds is 5. The van der Waals surface area contributed by atoms with E-state index in [9.17, 15) is 4.79 Å². The number of carbonyl (C=O) groups is 1. The Labute approximate surface area is 129 Å². The number of hydrogen-bond donors (Lipinski definition) is 1. The van der Waals surface area contributed by atoms with E-state index in [0.717, 1.165) is 16.7 Å². The molecule has 0 amide bonds. The van der Waals surface area contributed by atoms with Gasteiger partial charge in [0.1, 0.15) is 0 Å². The lowest BCUT2D eigenvalue weighted by Gasteiger charge is -2.20. The number of benzene rings is 2. The topological polar surface area (TPSA) is 38.3 Å². The van der Waals surface area contributed by atoms with Gasteiger partial charge >= 0.3 is 5.97 Å². The molecular formula is C17H18ClNO2. The van der Waals surface area contributed by atoms with Crippen LogP contribution in [0.3, 0.4) is 0 Å². The number of ether oxygens (including phenoxy) is 1. The van der Waals surface area contributed by atoms with Crippen molar-refractivity contribution in [1.29, 1.82) is 0 Å². The van der Waals surface area contributed by atoms with Gasteiger partial charge in [-0.1, -0.05) is 59.6 Å². The lowest BCUT2D eigenvalue weighted by molar-refractivity contribution is -0.139. The fourth-order valence-electron chi connectivity index (χ4n) is 2.22. The number of carbonyl (C=O) groups excluding carboxylic acids is 1. The van der Waals surface area contributed by atoms with Crippen molar-refractivity contribution in [3.63, 3.8) is 0 Å². The molecule has 21 heavy (non-hydrogen) atoms. The standard InChI is InChI=1S/C17H18ClNO2/c1-12-6-5-7-13(10-12)17(19-11-16(20)21-2)14-8-3-4-9-15(14)18/h3-10,17,19H,11H2,1-2H3. The van der Waals surface area contributed by atoms with Crippen LogP contribution in [-0.4, -0.2) is 19.6 Å². The van der Waals surface area contributed by atoms with E-state index in [-0.39, 0.29) is 18.6 Å².